The van der Waals surface area contributed by atoms with E-state index in [-0.39, 0.29) is 0 Å². The van der Waals surface area contributed by atoms with Crippen molar-refractivity contribution in [1.29, 1.82) is 0 Å². The molecule has 0 spiro atoms. The lowest BCUT2D eigenvalue weighted by Gasteiger charge is -2.07. The second kappa shape index (κ2) is 2.28. The van der Waals surface area contributed by atoms with Gasteiger partial charge in [-0.25, -0.2) is 0 Å². The number of hydrogen-bond acceptors (Lipinski definition) is 2. The first-order valence-corrected chi connectivity index (χ1v) is 2.86. The van der Waals surface area contributed by atoms with Crippen LogP contribution in [0.1, 0.15) is 6.92 Å². The first-order chi connectivity index (χ1) is 3.43. The first-order valence-electron chi connectivity index (χ1n) is 2.86. The molecule has 1 aliphatic rings. The van der Waals surface area contributed by atoms with Crippen molar-refractivity contribution in [2.75, 3.05) is 26.3 Å². The molecule has 0 aromatic rings. The van der Waals surface area contributed by atoms with Gasteiger partial charge in [-0.05, 0) is 6.54 Å². The summed E-state index contributed by atoms with van der Waals surface area (Å²) in [6.07, 6.45) is 0. The molecule has 0 atom stereocenters. The lowest BCUT2D eigenvalue weighted by Crippen LogP contribution is -2.20. The third-order valence-electron chi connectivity index (χ3n) is 1.39. The van der Waals surface area contributed by atoms with E-state index in [0.29, 0.717) is 0 Å². The van der Waals surface area contributed by atoms with E-state index >= 15 is 0 Å². The molecule has 42 valence electrons. The summed E-state index contributed by atoms with van der Waals surface area (Å²) in [4.78, 5) is 2.38. The van der Waals surface area contributed by atoms with Gasteiger partial charge in [-0.3, -0.25) is 4.90 Å². The zero-order valence-electron chi connectivity index (χ0n) is 4.78. The zero-order valence-corrected chi connectivity index (χ0v) is 4.78. The summed E-state index contributed by atoms with van der Waals surface area (Å²) >= 11 is 0. The third kappa shape index (κ3) is 1.14. The van der Waals surface area contributed by atoms with Gasteiger partial charge in [-0.1, -0.05) is 6.92 Å². The molecule has 1 aliphatic heterocycles. The fourth-order valence-electron chi connectivity index (χ4n) is 0.823. The average molecular weight is 100 g/mol. The molecule has 0 aromatic carbocycles. The summed E-state index contributed by atoms with van der Waals surface area (Å²) in [5, 5.41) is 3.25. The highest BCUT2D eigenvalue weighted by molar-refractivity contribution is 4.62. The van der Waals surface area contributed by atoms with Gasteiger partial charge in [0.1, 0.15) is 0 Å². The highest BCUT2D eigenvalue weighted by atomic mass is 15.3. The van der Waals surface area contributed by atoms with Crippen molar-refractivity contribution in [2.24, 2.45) is 0 Å². The topological polar surface area (TPSA) is 15.3 Å². The van der Waals surface area contributed by atoms with Crippen molar-refractivity contribution < 1.29 is 0 Å². The highest BCUT2D eigenvalue weighted by Gasteiger charge is 2.05. The molecule has 1 fully saturated rings. The first kappa shape index (κ1) is 5.06. The molecule has 0 unspecified atom stereocenters. The van der Waals surface area contributed by atoms with Crippen LogP contribution in [0.5, 0.6) is 0 Å². The second-order valence-electron chi connectivity index (χ2n) is 1.87. The Bertz CT molecular complexity index is 48.0. The Morgan fingerprint density at radius 3 is 2.86 bits per heavy atom. The third-order valence-corrected chi connectivity index (χ3v) is 1.39. The van der Waals surface area contributed by atoms with E-state index in [4.69, 9.17) is 0 Å². The van der Waals surface area contributed by atoms with Gasteiger partial charge in [0.15, 0.2) is 0 Å². The zero-order chi connectivity index (χ0) is 5.11. The Labute approximate surface area is 44.5 Å². The maximum Gasteiger partial charge on any atom is 0.0481 e. The number of rotatable bonds is 1. The molecule has 0 amide bonds. The van der Waals surface area contributed by atoms with Crippen molar-refractivity contribution >= 4 is 0 Å². The Hall–Kier alpha value is -0.0800. The lowest BCUT2D eigenvalue weighted by molar-refractivity contribution is 0.354. The summed E-state index contributed by atoms with van der Waals surface area (Å²) in [7, 11) is 0. The van der Waals surface area contributed by atoms with Crippen molar-refractivity contribution in [2.45, 2.75) is 6.92 Å². The normalized spacial score (nSPS) is 23.6. The molecule has 1 rings (SSSR count). The quantitative estimate of drug-likeness (QED) is 0.493. The van der Waals surface area contributed by atoms with E-state index in [2.05, 4.69) is 17.1 Å². The predicted molar refractivity (Wildman–Crippen MR) is 30.1 cm³/mol. The van der Waals surface area contributed by atoms with Crippen LogP contribution in [0.2, 0.25) is 0 Å². The van der Waals surface area contributed by atoms with Crippen LogP contribution in [0.4, 0.5) is 0 Å². The molecule has 0 aliphatic carbocycles. The molecule has 0 aromatic heterocycles. The van der Waals surface area contributed by atoms with Crippen LogP contribution in [-0.4, -0.2) is 31.2 Å². The molecule has 0 saturated carbocycles. The van der Waals surface area contributed by atoms with Crippen LogP contribution < -0.4 is 5.32 Å². The molecule has 2 nitrogen and oxygen atoms in total. The number of hydrogen-bond donors (Lipinski definition) is 1. The monoisotopic (exact) mass is 100 g/mol. The van der Waals surface area contributed by atoms with Crippen LogP contribution in [0.15, 0.2) is 0 Å². The maximum absolute atomic E-state index is 3.25. The van der Waals surface area contributed by atoms with E-state index in [1.54, 1.807) is 0 Å². The molecule has 1 N–H and O–H groups in total. The number of likely N-dealkylation sites (N-methyl/N-ethyl adjacent to an activating group) is 1. The van der Waals surface area contributed by atoms with Crippen LogP contribution in [0.3, 0.4) is 0 Å². The van der Waals surface area contributed by atoms with Gasteiger partial charge in [0, 0.05) is 19.8 Å². The standard InChI is InChI=1S/C5H12N2/c1-2-7-4-3-6-5-7/h6H,2-5H2,1H3. The minimum absolute atomic E-state index is 1.09. The summed E-state index contributed by atoms with van der Waals surface area (Å²) in [6, 6.07) is 0. The van der Waals surface area contributed by atoms with E-state index < -0.39 is 0 Å². The predicted octanol–water partition coefficient (Wildman–Crippen LogP) is -0.131. The highest BCUT2D eigenvalue weighted by Crippen LogP contribution is 1.88. The van der Waals surface area contributed by atoms with E-state index in [0.717, 1.165) is 6.67 Å². The van der Waals surface area contributed by atoms with Crippen LogP contribution in [0.25, 0.3) is 0 Å². The molecule has 0 radical (unpaired) electrons. The summed E-state index contributed by atoms with van der Waals surface area (Å²) in [6.45, 7) is 6.88. The van der Waals surface area contributed by atoms with Gasteiger partial charge in [-0.15, -0.1) is 0 Å². The Balaban J connectivity index is 2.14. The van der Waals surface area contributed by atoms with Crippen LogP contribution in [0, 0.1) is 0 Å². The van der Waals surface area contributed by atoms with E-state index in [9.17, 15) is 0 Å². The Morgan fingerprint density at radius 1 is 1.71 bits per heavy atom. The van der Waals surface area contributed by atoms with Crippen LogP contribution in [-0.2, 0) is 0 Å². The fourth-order valence-corrected chi connectivity index (χ4v) is 0.823. The molecule has 1 saturated heterocycles. The van der Waals surface area contributed by atoms with Crippen LogP contribution >= 0.6 is 0 Å². The smallest absolute Gasteiger partial charge is 0.0481 e. The molecule has 7 heavy (non-hydrogen) atoms. The summed E-state index contributed by atoms with van der Waals surface area (Å²) < 4.78 is 0. The Morgan fingerprint density at radius 2 is 2.57 bits per heavy atom. The molecular formula is C5H12N2. The fraction of sp³-hybridized carbons (Fsp3) is 1.00. The second-order valence-corrected chi connectivity index (χ2v) is 1.87. The van der Waals surface area contributed by atoms with Gasteiger partial charge >= 0.3 is 0 Å². The van der Waals surface area contributed by atoms with E-state index in [1.807, 2.05) is 0 Å². The van der Waals surface area contributed by atoms with E-state index in [1.165, 1.54) is 19.6 Å². The van der Waals surface area contributed by atoms with Crippen molar-refractivity contribution in [3.05, 3.63) is 0 Å². The summed E-state index contributed by atoms with van der Waals surface area (Å²) in [5.74, 6) is 0. The molecular weight excluding hydrogens is 88.1 g/mol. The minimum atomic E-state index is 1.09. The van der Waals surface area contributed by atoms with Gasteiger partial charge in [0.25, 0.3) is 0 Å². The molecule has 1 heterocycles. The molecule has 2 heteroatoms. The maximum atomic E-state index is 3.25. The SMILES string of the molecule is CCN1CCNC1. The largest absolute Gasteiger partial charge is 0.303 e. The van der Waals surface area contributed by atoms with Gasteiger partial charge in [0.05, 0.1) is 0 Å². The molecule has 0 bridgehead atoms. The van der Waals surface area contributed by atoms with Crippen molar-refractivity contribution in [3.63, 3.8) is 0 Å². The number of nitrogens with one attached hydrogen (secondary N) is 1. The number of nitrogens with zero attached hydrogens (tertiary/aromatic N) is 1. The lowest BCUT2D eigenvalue weighted by atomic mass is 10.6. The van der Waals surface area contributed by atoms with Crippen molar-refractivity contribution in [3.8, 4) is 0 Å². The van der Waals surface area contributed by atoms with Gasteiger partial charge in [0.2, 0.25) is 0 Å². The van der Waals surface area contributed by atoms with Crippen molar-refractivity contribution in [1.82, 2.24) is 10.2 Å². The van der Waals surface area contributed by atoms with Gasteiger partial charge < -0.3 is 5.32 Å². The summed E-state index contributed by atoms with van der Waals surface area (Å²) in [5.41, 5.74) is 0. The average Bonchev–Trinajstić information content (AvgIpc) is 2.14. The Kier molecular flexibility index (Phi) is 1.65. The minimum Gasteiger partial charge on any atom is -0.303 e. The van der Waals surface area contributed by atoms with Gasteiger partial charge in [-0.2, -0.15) is 0 Å².